The van der Waals surface area contributed by atoms with Gasteiger partial charge in [0.15, 0.2) is 10.4 Å². The smallest absolute Gasteiger partial charge is 0.179 e. The highest BCUT2D eigenvalue weighted by atomic mass is 79.9. The Morgan fingerprint density at radius 3 is 2.75 bits per heavy atom. The van der Waals surface area contributed by atoms with E-state index in [1.165, 1.54) is 0 Å². The van der Waals surface area contributed by atoms with Gasteiger partial charge in [-0.25, -0.2) is 4.98 Å². The predicted octanol–water partition coefficient (Wildman–Crippen LogP) is 4.07. The molecule has 2 aromatic rings. The lowest BCUT2D eigenvalue weighted by Crippen LogP contribution is -2.11. The average Bonchev–Trinajstić information content (AvgIpc) is 2.51. The Labute approximate surface area is 108 Å². The van der Waals surface area contributed by atoms with Crippen molar-refractivity contribution in [1.82, 2.24) is 14.5 Å². The van der Waals surface area contributed by atoms with E-state index in [-0.39, 0.29) is 0 Å². The molecule has 0 fully saturated rings. The minimum atomic E-state index is 0.343. The molecule has 0 radical (unpaired) electrons. The van der Waals surface area contributed by atoms with Crippen LogP contribution in [0.1, 0.15) is 26.8 Å². The van der Waals surface area contributed by atoms with Crippen LogP contribution >= 0.6 is 28.1 Å². The molecule has 0 bridgehead atoms. The normalized spacial score (nSPS) is 13.6. The summed E-state index contributed by atoms with van der Waals surface area (Å²) >= 11 is 8.75. The van der Waals surface area contributed by atoms with Gasteiger partial charge in [-0.1, -0.05) is 13.8 Å². The van der Waals surface area contributed by atoms with Crippen molar-refractivity contribution in [2.45, 2.75) is 26.8 Å². The highest BCUT2D eigenvalue weighted by Gasteiger charge is 2.15. The third-order valence-electron chi connectivity index (χ3n) is 2.89. The third-order valence-corrected chi connectivity index (χ3v) is 3.63. The van der Waals surface area contributed by atoms with Crippen molar-refractivity contribution in [1.29, 1.82) is 0 Å². The number of nitrogens with zero attached hydrogens (tertiary/aromatic N) is 2. The third kappa shape index (κ3) is 1.94. The number of nitrogens with one attached hydrogen (secondary N) is 1. The summed E-state index contributed by atoms with van der Waals surface area (Å²) in [5, 5.41) is 0. The summed E-state index contributed by atoms with van der Waals surface area (Å²) in [6.45, 7) is 6.53. The van der Waals surface area contributed by atoms with E-state index in [4.69, 9.17) is 12.2 Å². The molecule has 1 atom stereocenters. The fraction of sp³-hybridized carbons (Fsp3) is 0.455. The van der Waals surface area contributed by atoms with Crippen LogP contribution in [-0.2, 0) is 0 Å². The second-order valence-corrected chi connectivity index (χ2v) is 5.61. The van der Waals surface area contributed by atoms with Crippen LogP contribution in [0.2, 0.25) is 0 Å². The van der Waals surface area contributed by atoms with Crippen LogP contribution in [0.4, 0.5) is 0 Å². The van der Waals surface area contributed by atoms with E-state index >= 15 is 0 Å². The van der Waals surface area contributed by atoms with Crippen molar-refractivity contribution >= 4 is 39.3 Å². The number of fused-ring (bicyclic) bond motifs is 1. The van der Waals surface area contributed by atoms with Gasteiger partial charge in [0, 0.05) is 16.7 Å². The Balaban J connectivity index is 2.70. The topological polar surface area (TPSA) is 33.6 Å². The van der Waals surface area contributed by atoms with E-state index in [0.29, 0.717) is 12.0 Å². The molecule has 16 heavy (non-hydrogen) atoms. The number of aromatic nitrogens is 3. The molecule has 0 aromatic carbocycles. The Hall–Kier alpha value is -0.680. The highest BCUT2D eigenvalue weighted by Crippen LogP contribution is 2.24. The molecular formula is C11H14BrN3S. The molecule has 5 heteroatoms. The first-order valence-corrected chi connectivity index (χ1v) is 6.46. The maximum absolute atomic E-state index is 5.34. The van der Waals surface area contributed by atoms with Crippen LogP contribution in [0, 0.1) is 10.7 Å². The molecule has 2 rings (SSSR count). The number of hydrogen-bond acceptors (Lipinski definition) is 2. The highest BCUT2D eigenvalue weighted by molar-refractivity contribution is 9.10. The molecule has 0 saturated heterocycles. The van der Waals surface area contributed by atoms with Gasteiger partial charge in [-0.2, -0.15) is 0 Å². The summed E-state index contributed by atoms with van der Waals surface area (Å²) in [6.07, 6.45) is 1.80. The molecule has 0 aliphatic rings. The molecule has 0 aliphatic heterocycles. The fourth-order valence-electron chi connectivity index (χ4n) is 1.66. The molecular weight excluding hydrogens is 286 g/mol. The van der Waals surface area contributed by atoms with Crippen molar-refractivity contribution in [2.24, 2.45) is 5.92 Å². The number of rotatable bonds is 2. The quantitative estimate of drug-likeness (QED) is 0.848. The fourth-order valence-corrected chi connectivity index (χ4v) is 2.36. The van der Waals surface area contributed by atoms with Crippen molar-refractivity contribution in [3.8, 4) is 0 Å². The molecule has 1 unspecified atom stereocenters. The van der Waals surface area contributed by atoms with Crippen LogP contribution < -0.4 is 0 Å². The van der Waals surface area contributed by atoms with Crippen LogP contribution in [0.5, 0.6) is 0 Å². The van der Waals surface area contributed by atoms with Crippen molar-refractivity contribution < 1.29 is 0 Å². The van der Waals surface area contributed by atoms with Gasteiger partial charge in [-0.05, 0) is 47.1 Å². The largest absolute Gasteiger partial charge is 0.329 e. The van der Waals surface area contributed by atoms with Crippen molar-refractivity contribution in [2.75, 3.05) is 0 Å². The molecule has 0 amide bonds. The summed E-state index contributed by atoms with van der Waals surface area (Å²) in [6, 6.07) is 2.34. The maximum atomic E-state index is 5.34. The van der Waals surface area contributed by atoms with E-state index < -0.39 is 0 Å². The lowest BCUT2D eigenvalue weighted by atomic mass is 10.1. The molecule has 0 spiro atoms. The molecule has 86 valence electrons. The second-order valence-electron chi connectivity index (χ2n) is 4.31. The van der Waals surface area contributed by atoms with E-state index in [1.807, 2.05) is 6.07 Å². The van der Waals surface area contributed by atoms with Crippen LogP contribution in [0.15, 0.2) is 16.7 Å². The Morgan fingerprint density at radius 1 is 1.44 bits per heavy atom. The summed E-state index contributed by atoms with van der Waals surface area (Å²) in [5.74, 6) is 0.524. The minimum absolute atomic E-state index is 0.343. The van der Waals surface area contributed by atoms with Crippen LogP contribution in [0.25, 0.3) is 11.2 Å². The first-order chi connectivity index (χ1) is 7.50. The van der Waals surface area contributed by atoms with Crippen molar-refractivity contribution in [3.63, 3.8) is 0 Å². The first-order valence-electron chi connectivity index (χ1n) is 5.26. The van der Waals surface area contributed by atoms with Gasteiger partial charge < -0.3 is 4.98 Å². The zero-order chi connectivity index (χ0) is 11.9. The number of imidazole rings is 1. The SMILES string of the molecule is CC(C)C(C)n1c(=S)[nH]c2cc(Br)cnc21. The number of H-pyrrole nitrogens is 1. The molecule has 3 nitrogen and oxygen atoms in total. The Morgan fingerprint density at radius 2 is 2.12 bits per heavy atom. The zero-order valence-corrected chi connectivity index (χ0v) is 11.9. The maximum Gasteiger partial charge on any atom is 0.179 e. The Kier molecular flexibility index (Phi) is 3.17. The predicted molar refractivity (Wildman–Crippen MR) is 72.2 cm³/mol. The summed E-state index contributed by atoms with van der Waals surface area (Å²) in [5.41, 5.74) is 1.90. The first kappa shape index (κ1) is 11.8. The van der Waals surface area contributed by atoms with Gasteiger partial charge in [0.05, 0.1) is 5.52 Å². The lowest BCUT2D eigenvalue weighted by molar-refractivity contribution is 0.411. The van der Waals surface area contributed by atoms with E-state index in [2.05, 4.69) is 51.2 Å². The molecule has 2 heterocycles. The summed E-state index contributed by atoms with van der Waals surface area (Å²) in [7, 11) is 0. The number of aromatic amines is 1. The van der Waals surface area contributed by atoms with Gasteiger partial charge in [-0.3, -0.25) is 4.57 Å². The van der Waals surface area contributed by atoms with E-state index in [0.717, 1.165) is 20.4 Å². The molecule has 2 aromatic heterocycles. The number of pyridine rings is 1. The molecule has 0 saturated carbocycles. The second kappa shape index (κ2) is 4.30. The van der Waals surface area contributed by atoms with Gasteiger partial charge >= 0.3 is 0 Å². The van der Waals surface area contributed by atoms with Gasteiger partial charge in [-0.15, -0.1) is 0 Å². The number of halogens is 1. The monoisotopic (exact) mass is 299 g/mol. The minimum Gasteiger partial charge on any atom is -0.329 e. The lowest BCUT2D eigenvalue weighted by Gasteiger charge is -2.17. The van der Waals surface area contributed by atoms with Crippen LogP contribution in [0.3, 0.4) is 0 Å². The standard InChI is InChI=1S/C11H14BrN3S/c1-6(2)7(3)15-10-9(14-11(15)16)4-8(12)5-13-10/h4-7H,1-3H3,(H,14,16). The van der Waals surface area contributed by atoms with Crippen LogP contribution in [-0.4, -0.2) is 14.5 Å². The van der Waals surface area contributed by atoms with Crippen molar-refractivity contribution in [3.05, 3.63) is 21.5 Å². The summed E-state index contributed by atoms with van der Waals surface area (Å²) in [4.78, 5) is 7.61. The van der Waals surface area contributed by atoms with E-state index in [9.17, 15) is 0 Å². The van der Waals surface area contributed by atoms with Gasteiger partial charge in [0.2, 0.25) is 0 Å². The van der Waals surface area contributed by atoms with Gasteiger partial charge in [0.1, 0.15) is 0 Å². The summed E-state index contributed by atoms with van der Waals surface area (Å²) < 4.78 is 3.78. The zero-order valence-electron chi connectivity index (χ0n) is 9.49. The average molecular weight is 300 g/mol. The molecule has 1 N–H and O–H groups in total. The molecule has 0 aliphatic carbocycles. The van der Waals surface area contributed by atoms with Gasteiger partial charge in [0.25, 0.3) is 0 Å². The Bertz CT molecular complexity index is 570. The van der Waals surface area contributed by atoms with E-state index in [1.54, 1.807) is 6.20 Å². The number of hydrogen-bond donors (Lipinski definition) is 1.